The van der Waals surface area contributed by atoms with E-state index in [1.165, 1.54) is 0 Å². The van der Waals surface area contributed by atoms with Crippen molar-refractivity contribution in [2.24, 2.45) is 0 Å². The maximum Gasteiger partial charge on any atom is 0.146 e. The molecule has 0 saturated heterocycles. The van der Waals surface area contributed by atoms with Gasteiger partial charge in [0.05, 0.1) is 13.7 Å². The Bertz CT molecular complexity index is 177. The van der Waals surface area contributed by atoms with Crippen molar-refractivity contribution in [3.05, 3.63) is 0 Å². The van der Waals surface area contributed by atoms with Gasteiger partial charge in [0.1, 0.15) is 10.5 Å². The fraction of sp³-hybridized carbons (Fsp3) is 1.00. The lowest BCUT2D eigenvalue weighted by atomic mass is 10.0. The smallest absolute Gasteiger partial charge is 0.146 e. The van der Waals surface area contributed by atoms with E-state index in [9.17, 15) is 0 Å². The summed E-state index contributed by atoms with van der Waals surface area (Å²) >= 11 is 4.92. The molecule has 0 aromatic heterocycles. The number of hydrogen-bond donors (Lipinski definition) is 1. The predicted octanol–water partition coefficient (Wildman–Crippen LogP) is 2.02. The van der Waals surface area contributed by atoms with Crippen LogP contribution in [0.25, 0.3) is 0 Å². The second-order valence-electron chi connectivity index (χ2n) is 5.18. The standard InChI is InChI=1S/C9H24OSSi2/c1-7-9(11,13(4,5)6)8(2,3)10-12/h11H,7H2,1-6,12H3/t9-/m1/s1. The second kappa shape index (κ2) is 4.08. The van der Waals surface area contributed by atoms with Crippen molar-refractivity contribution >= 4 is 31.2 Å². The fourth-order valence-electron chi connectivity index (χ4n) is 2.03. The van der Waals surface area contributed by atoms with Gasteiger partial charge in [0.25, 0.3) is 0 Å². The molecule has 0 heterocycles. The van der Waals surface area contributed by atoms with Crippen molar-refractivity contribution in [2.75, 3.05) is 0 Å². The molecule has 0 aliphatic heterocycles. The van der Waals surface area contributed by atoms with Crippen LogP contribution < -0.4 is 0 Å². The Morgan fingerprint density at radius 2 is 1.69 bits per heavy atom. The van der Waals surface area contributed by atoms with Crippen LogP contribution >= 0.6 is 12.6 Å². The minimum Gasteiger partial charge on any atom is -0.422 e. The van der Waals surface area contributed by atoms with Gasteiger partial charge in [-0.15, -0.1) is 0 Å². The Balaban J connectivity index is 5.06. The highest BCUT2D eigenvalue weighted by molar-refractivity contribution is 7.84. The highest BCUT2D eigenvalue weighted by Crippen LogP contribution is 2.42. The molecule has 0 N–H and O–H groups in total. The lowest BCUT2D eigenvalue weighted by Crippen LogP contribution is -2.61. The number of hydrogen-bond acceptors (Lipinski definition) is 2. The van der Waals surface area contributed by atoms with Crippen LogP contribution in [-0.2, 0) is 4.43 Å². The Morgan fingerprint density at radius 1 is 1.31 bits per heavy atom. The van der Waals surface area contributed by atoms with E-state index in [1.54, 1.807) is 0 Å². The van der Waals surface area contributed by atoms with E-state index in [0.29, 0.717) is 0 Å². The maximum atomic E-state index is 5.72. The number of thiol groups is 1. The molecule has 1 nitrogen and oxygen atoms in total. The van der Waals surface area contributed by atoms with Crippen LogP contribution in [0.3, 0.4) is 0 Å². The summed E-state index contributed by atoms with van der Waals surface area (Å²) < 4.78 is 5.79. The van der Waals surface area contributed by atoms with Crippen molar-refractivity contribution < 1.29 is 4.43 Å². The SMILES string of the molecule is CC[C@](S)(C(C)(C)O[SiH3])[Si](C)(C)C. The van der Waals surface area contributed by atoms with E-state index in [-0.39, 0.29) is 9.97 Å². The normalized spacial score (nSPS) is 18.7. The third-order valence-corrected chi connectivity index (χ3v) is 10.6. The third-order valence-electron chi connectivity index (χ3n) is 3.26. The Labute approximate surface area is 92.6 Å². The van der Waals surface area contributed by atoms with Gasteiger partial charge in [0, 0.05) is 4.37 Å². The first-order chi connectivity index (χ1) is 5.62. The molecular weight excluding hydrogens is 212 g/mol. The molecular formula is C9H24OSSi2. The molecule has 0 aliphatic rings. The highest BCUT2D eigenvalue weighted by Gasteiger charge is 2.49. The second-order valence-corrected chi connectivity index (χ2v) is 12.1. The molecule has 0 aromatic carbocycles. The van der Waals surface area contributed by atoms with Crippen LogP contribution in [0.1, 0.15) is 27.2 Å². The Kier molecular flexibility index (Phi) is 4.32. The average Bonchev–Trinajstić information content (AvgIpc) is 2.00. The molecule has 13 heavy (non-hydrogen) atoms. The van der Waals surface area contributed by atoms with Gasteiger partial charge >= 0.3 is 0 Å². The molecule has 0 fully saturated rings. The van der Waals surface area contributed by atoms with Gasteiger partial charge in [-0.25, -0.2) is 0 Å². The van der Waals surface area contributed by atoms with Crippen LogP contribution in [0.4, 0.5) is 0 Å². The summed E-state index contributed by atoms with van der Waals surface area (Å²) in [5, 5.41) is 0. The summed E-state index contributed by atoms with van der Waals surface area (Å²) in [6, 6.07) is 0. The van der Waals surface area contributed by atoms with Gasteiger partial charge in [-0.3, -0.25) is 0 Å². The largest absolute Gasteiger partial charge is 0.422 e. The zero-order valence-electron chi connectivity index (χ0n) is 10.1. The maximum absolute atomic E-state index is 5.72. The molecule has 0 spiro atoms. The Morgan fingerprint density at radius 3 is 1.77 bits per heavy atom. The molecule has 0 amide bonds. The van der Waals surface area contributed by atoms with Crippen LogP contribution in [-0.4, -0.2) is 28.5 Å². The number of rotatable bonds is 4. The molecule has 0 unspecified atom stereocenters. The zero-order valence-corrected chi connectivity index (χ0v) is 14.0. The molecule has 0 aromatic rings. The van der Waals surface area contributed by atoms with Crippen LogP contribution in [0.15, 0.2) is 0 Å². The summed E-state index contributed by atoms with van der Waals surface area (Å²) in [5.74, 6) is 0. The summed E-state index contributed by atoms with van der Waals surface area (Å²) in [6.07, 6.45) is 1.08. The van der Waals surface area contributed by atoms with Crippen molar-refractivity contribution in [2.45, 2.75) is 56.8 Å². The zero-order chi connectivity index (χ0) is 10.9. The van der Waals surface area contributed by atoms with E-state index in [4.69, 9.17) is 17.1 Å². The van der Waals surface area contributed by atoms with Crippen molar-refractivity contribution in [3.8, 4) is 0 Å². The summed E-state index contributed by atoms with van der Waals surface area (Å²) in [6.45, 7) is 13.7. The highest BCUT2D eigenvalue weighted by atomic mass is 32.1. The fourth-order valence-corrected chi connectivity index (χ4v) is 5.81. The first kappa shape index (κ1) is 13.7. The van der Waals surface area contributed by atoms with E-state index in [0.717, 1.165) is 16.9 Å². The minimum atomic E-state index is -1.31. The Hall–Kier alpha value is 0.744. The molecule has 0 aliphatic carbocycles. The summed E-state index contributed by atoms with van der Waals surface area (Å²) in [7, 11) is -0.516. The predicted molar refractivity (Wildman–Crippen MR) is 70.5 cm³/mol. The van der Waals surface area contributed by atoms with Crippen molar-refractivity contribution in [1.82, 2.24) is 0 Å². The molecule has 1 atom stereocenters. The molecule has 4 heteroatoms. The monoisotopic (exact) mass is 236 g/mol. The summed E-state index contributed by atoms with van der Waals surface area (Å²) in [5.41, 5.74) is -0.0818. The molecule has 80 valence electrons. The molecule has 0 rings (SSSR count). The lowest BCUT2D eigenvalue weighted by molar-refractivity contribution is 0.100. The topological polar surface area (TPSA) is 9.23 Å². The van der Waals surface area contributed by atoms with Crippen LogP contribution in [0, 0.1) is 0 Å². The van der Waals surface area contributed by atoms with Crippen LogP contribution in [0.5, 0.6) is 0 Å². The van der Waals surface area contributed by atoms with Gasteiger partial charge in [0.15, 0.2) is 0 Å². The van der Waals surface area contributed by atoms with Gasteiger partial charge in [-0.05, 0) is 20.3 Å². The minimum absolute atomic E-state index is 0.0712. The van der Waals surface area contributed by atoms with Gasteiger partial charge in [-0.2, -0.15) is 12.6 Å². The first-order valence-corrected chi connectivity index (χ1v) is 9.66. The lowest BCUT2D eigenvalue weighted by Gasteiger charge is -2.50. The quantitative estimate of drug-likeness (QED) is 0.580. The summed E-state index contributed by atoms with van der Waals surface area (Å²) in [4.78, 5) is 0. The van der Waals surface area contributed by atoms with E-state index < -0.39 is 8.07 Å². The van der Waals surface area contributed by atoms with Gasteiger partial charge in [0.2, 0.25) is 0 Å². The van der Waals surface area contributed by atoms with Crippen molar-refractivity contribution in [3.63, 3.8) is 0 Å². The van der Waals surface area contributed by atoms with E-state index in [1.807, 2.05) is 0 Å². The van der Waals surface area contributed by atoms with Gasteiger partial charge < -0.3 is 4.43 Å². The first-order valence-electron chi connectivity index (χ1n) is 4.90. The van der Waals surface area contributed by atoms with Gasteiger partial charge in [-0.1, -0.05) is 26.6 Å². The van der Waals surface area contributed by atoms with Crippen LogP contribution in [0.2, 0.25) is 19.6 Å². The molecule has 0 saturated carbocycles. The average molecular weight is 237 g/mol. The van der Waals surface area contributed by atoms with Crippen molar-refractivity contribution in [1.29, 1.82) is 0 Å². The van der Waals surface area contributed by atoms with E-state index >= 15 is 0 Å². The third kappa shape index (κ3) is 2.40. The molecule has 0 bridgehead atoms. The molecule has 0 radical (unpaired) electrons. The van der Waals surface area contributed by atoms with E-state index in [2.05, 4.69) is 40.4 Å².